The summed E-state index contributed by atoms with van der Waals surface area (Å²) in [7, 11) is 0. The summed E-state index contributed by atoms with van der Waals surface area (Å²) < 4.78 is 9.60. The van der Waals surface area contributed by atoms with E-state index in [9.17, 15) is 4.79 Å². The van der Waals surface area contributed by atoms with Crippen molar-refractivity contribution < 1.29 is 15.4 Å². The monoisotopic (exact) mass is 153 g/mol. The Morgan fingerprint density at radius 3 is 3.27 bits per heavy atom. The molecule has 0 aliphatic heterocycles. The highest BCUT2D eigenvalue weighted by molar-refractivity contribution is 5.81. The van der Waals surface area contributed by atoms with Crippen molar-refractivity contribution in [3.05, 3.63) is 36.8 Å². The van der Waals surface area contributed by atoms with E-state index in [1.54, 1.807) is 12.1 Å². The minimum Gasteiger partial charge on any atom is -0.466 e. The maximum absolute atomic E-state index is 10.5. The predicted molar refractivity (Wildman–Crippen MR) is 39.8 cm³/mol. The Hall–Kier alpha value is -1.51. The Labute approximate surface area is 65.8 Å². The first kappa shape index (κ1) is 7.60. The zero-order valence-corrected chi connectivity index (χ0v) is 5.95. The van der Waals surface area contributed by atoms with Gasteiger partial charge in [0.2, 0.25) is 0 Å². The molecule has 0 spiro atoms. The standard InChI is InChI=1S/C8H8O3/c1-2-8(9)11-6-7-4-3-5-10-7/h2-5H,1,6H2/p+1. The van der Waals surface area contributed by atoms with Crippen LogP contribution in [0.2, 0.25) is 0 Å². The first-order chi connectivity index (χ1) is 5.33. The highest BCUT2D eigenvalue weighted by Gasteiger charge is 1.98. The van der Waals surface area contributed by atoms with E-state index >= 15 is 0 Å². The highest BCUT2D eigenvalue weighted by Crippen LogP contribution is 2.01. The fraction of sp³-hybridized carbons (Fsp3) is 0.125. The van der Waals surface area contributed by atoms with Crippen molar-refractivity contribution in [2.24, 2.45) is 0 Å². The van der Waals surface area contributed by atoms with Gasteiger partial charge in [0.15, 0.2) is 0 Å². The summed E-state index contributed by atoms with van der Waals surface area (Å²) >= 11 is 0. The minimum absolute atomic E-state index is 0. The van der Waals surface area contributed by atoms with E-state index in [1.807, 2.05) is 0 Å². The lowest BCUT2D eigenvalue weighted by atomic mass is 10.5. The molecule has 0 fully saturated rings. The third-order valence-electron chi connectivity index (χ3n) is 1.10. The number of hydrogen-bond donors (Lipinski definition) is 0. The van der Waals surface area contributed by atoms with E-state index in [4.69, 9.17) is 4.42 Å². The van der Waals surface area contributed by atoms with Crippen LogP contribution in [0.15, 0.2) is 35.5 Å². The van der Waals surface area contributed by atoms with Crippen LogP contribution in [0, 0.1) is 0 Å². The molecular formula is C8H9O3+. The topological polar surface area (TPSA) is 39.4 Å². The smallest absolute Gasteiger partial charge is 0.466 e. The lowest BCUT2D eigenvalue weighted by Gasteiger charge is -1.96. The molecule has 0 aromatic carbocycles. The lowest BCUT2D eigenvalue weighted by Crippen LogP contribution is -1.98. The number of furan rings is 1. The molecular weight excluding hydrogens is 144 g/mol. The van der Waals surface area contributed by atoms with Gasteiger partial charge < -0.3 is 9.15 Å². The van der Waals surface area contributed by atoms with Crippen LogP contribution in [-0.2, 0) is 16.1 Å². The fourth-order valence-electron chi connectivity index (χ4n) is 0.596. The largest absolute Gasteiger partial charge is 1.00 e. The second-order valence-corrected chi connectivity index (χ2v) is 1.89. The molecule has 1 aromatic rings. The van der Waals surface area contributed by atoms with E-state index < -0.39 is 5.97 Å². The molecule has 1 aromatic heterocycles. The number of hydrogen-bond acceptors (Lipinski definition) is 3. The van der Waals surface area contributed by atoms with E-state index in [0.717, 1.165) is 6.08 Å². The molecule has 0 atom stereocenters. The molecule has 3 heteroatoms. The first-order valence-electron chi connectivity index (χ1n) is 3.14. The van der Waals surface area contributed by atoms with Crippen molar-refractivity contribution >= 4 is 5.97 Å². The molecule has 0 unspecified atom stereocenters. The maximum Gasteiger partial charge on any atom is 1.00 e. The third-order valence-corrected chi connectivity index (χ3v) is 1.10. The quantitative estimate of drug-likeness (QED) is 0.489. The molecule has 3 nitrogen and oxygen atoms in total. The molecule has 0 saturated carbocycles. The van der Waals surface area contributed by atoms with Gasteiger partial charge in [-0.2, -0.15) is 0 Å². The molecule has 0 saturated heterocycles. The van der Waals surface area contributed by atoms with Gasteiger partial charge in [0, 0.05) is 6.08 Å². The fourth-order valence-corrected chi connectivity index (χ4v) is 0.596. The summed E-state index contributed by atoms with van der Waals surface area (Å²) in [4.78, 5) is 10.5. The summed E-state index contributed by atoms with van der Waals surface area (Å²) in [5.74, 6) is 0.182. The van der Waals surface area contributed by atoms with E-state index in [0.29, 0.717) is 5.76 Å². The normalized spacial score (nSPS) is 9.09. The van der Waals surface area contributed by atoms with Crippen LogP contribution in [0.1, 0.15) is 7.19 Å². The van der Waals surface area contributed by atoms with Gasteiger partial charge in [-0.1, -0.05) is 6.58 Å². The number of carbonyl (C=O) groups is 1. The zero-order chi connectivity index (χ0) is 8.10. The highest BCUT2D eigenvalue weighted by atomic mass is 16.5. The van der Waals surface area contributed by atoms with E-state index in [2.05, 4.69) is 11.3 Å². The van der Waals surface area contributed by atoms with Crippen LogP contribution < -0.4 is 0 Å². The van der Waals surface area contributed by atoms with Gasteiger partial charge in [0.1, 0.15) is 12.4 Å². The minimum atomic E-state index is -0.443. The van der Waals surface area contributed by atoms with Crippen molar-refractivity contribution in [3.8, 4) is 0 Å². The van der Waals surface area contributed by atoms with Crippen molar-refractivity contribution in [3.63, 3.8) is 0 Å². The molecule has 1 rings (SSSR count). The summed E-state index contributed by atoms with van der Waals surface area (Å²) in [6.07, 6.45) is 2.64. The Balaban J connectivity index is 0.00000121. The number of esters is 1. The van der Waals surface area contributed by atoms with Crippen LogP contribution in [-0.4, -0.2) is 5.97 Å². The zero-order valence-electron chi connectivity index (χ0n) is 6.95. The summed E-state index contributed by atoms with van der Waals surface area (Å²) in [6.45, 7) is 3.42. The first-order valence-corrected chi connectivity index (χ1v) is 3.14. The number of carbonyl (C=O) groups excluding carboxylic acids is 1. The van der Waals surface area contributed by atoms with Crippen LogP contribution in [0.3, 0.4) is 0 Å². The van der Waals surface area contributed by atoms with Crippen LogP contribution in [0.5, 0.6) is 0 Å². The van der Waals surface area contributed by atoms with Crippen LogP contribution in [0.4, 0.5) is 0 Å². The Bertz CT molecular complexity index is 241. The predicted octanol–water partition coefficient (Wildman–Crippen LogP) is 1.62. The van der Waals surface area contributed by atoms with Gasteiger partial charge in [0.05, 0.1) is 6.26 Å². The SMILES string of the molecule is C=CC(=O)OCc1ccco1.[H+]. The summed E-state index contributed by atoms with van der Waals surface area (Å²) in [5.41, 5.74) is 0. The Morgan fingerprint density at radius 2 is 2.73 bits per heavy atom. The van der Waals surface area contributed by atoms with Crippen molar-refractivity contribution in [1.29, 1.82) is 0 Å². The third kappa shape index (κ3) is 2.29. The van der Waals surface area contributed by atoms with E-state index in [-0.39, 0.29) is 8.03 Å². The summed E-state index contributed by atoms with van der Waals surface area (Å²) in [6, 6.07) is 3.47. The Kier molecular flexibility index (Phi) is 2.49. The average molecular weight is 153 g/mol. The number of ether oxygens (including phenoxy) is 1. The van der Waals surface area contributed by atoms with Gasteiger partial charge >= 0.3 is 7.40 Å². The average Bonchev–Trinajstić information content (AvgIpc) is 2.52. The van der Waals surface area contributed by atoms with Gasteiger partial charge in [-0.15, -0.1) is 0 Å². The van der Waals surface area contributed by atoms with Gasteiger partial charge in [0.25, 0.3) is 0 Å². The maximum atomic E-state index is 10.5. The molecule has 0 amide bonds. The van der Waals surface area contributed by atoms with Crippen LogP contribution in [0.25, 0.3) is 0 Å². The second-order valence-electron chi connectivity index (χ2n) is 1.89. The second kappa shape index (κ2) is 3.61. The van der Waals surface area contributed by atoms with Gasteiger partial charge in [-0.25, -0.2) is 4.79 Å². The van der Waals surface area contributed by atoms with Crippen molar-refractivity contribution in [2.45, 2.75) is 6.61 Å². The molecule has 0 aliphatic rings. The van der Waals surface area contributed by atoms with Crippen molar-refractivity contribution in [1.82, 2.24) is 0 Å². The summed E-state index contributed by atoms with van der Waals surface area (Å²) in [5, 5.41) is 0. The lowest BCUT2D eigenvalue weighted by molar-refractivity contribution is -0.139. The van der Waals surface area contributed by atoms with Crippen molar-refractivity contribution in [2.75, 3.05) is 0 Å². The van der Waals surface area contributed by atoms with Gasteiger partial charge in [-0.3, -0.25) is 0 Å². The molecule has 0 aliphatic carbocycles. The molecule has 58 valence electrons. The molecule has 0 radical (unpaired) electrons. The van der Waals surface area contributed by atoms with E-state index in [1.165, 1.54) is 6.26 Å². The molecule has 0 bridgehead atoms. The molecule has 1 heterocycles. The number of rotatable bonds is 3. The van der Waals surface area contributed by atoms with Crippen LogP contribution >= 0.6 is 0 Å². The van der Waals surface area contributed by atoms with Gasteiger partial charge in [-0.05, 0) is 12.1 Å². The molecule has 11 heavy (non-hydrogen) atoms. The molecule has 0 N–H and O–H groups in total. The Morgan fingerprint density at radius 1 is 1.91 bits per heavy atom.